The number of piperidine rings is 1. The van der Waals surface area contributed by atoms with Crippen molar-refractivity contribution in [1.29, 1.82) is 0 Å². The van der Waals surface area contributed by atoms with Crippen LogP contribution in [-0.4, -0.2) is 44.9 Å². The molecule has 1 amide bonds. The average Bonchev–Trinajstić information content (AvgIpc) is 3.27. The topological polar surface area (TPSA) is 58.4 Å². The first-order valence-electron chi connectivity index (χ1n) is 9.39. The minimum absolute atomic E-state index is 0.0262. The largest absolute Gasteiger partial charge is 0.393 e. The number of carbonyl (C=O) groups excluding carboxylic acids is 1. The van der Waals surface area contributed by atoms with E-state index in [1.807, 2.05) is 60.8 Å². The van der Waals surface area contributed by atoms with E-state index in [0.717, 1.165) is 16.8 Å². The summed E-state index contributed by atoms with van der Waals surface area (Å²) in [6, 6.07) is 17.1. The van der Waals surface area contributed by atoms with Crippen LogP contribution in [0.2, 0.25) is 0 Å². The number of amides is 1. The predicted molar refractivity (Wildman–Crippen MR) is 107 cm³/mol. The number of hydrogen-bond donors (Lipinski definition) is 1. The van der Waals surface area contributed by atoms with Crippen molar-refractivity contribution in [1.82, 2.24) is 14.7 Å². The fourth-order valence-electron chi connectivity index (χ4n) is 3.29. The first-order valence-corrected chi connectivity index (χ1v) is 9.39. The molecule has 5 nitrogen and oxygen atoms in total. The van der Waals surface area contributed by atoms with Gasteiger partial charge in [0.25, 0.3) is 5.91 Å². The monoisotopic (exact) mass is 371 g/mol. The summed E-state index contributed by atoms with van der Waals surface area (Å²) in [5.41, 5.74) is 3.09. The SMILES string of the molecule is O=C(c1ccc(-n2cccn2)c(C#Cc2ccccc2)c1)N1CCC(O)CC1. The highest BCUT2D eigenvalue weighted by Crippen LogP contribution is 2.19. The van der Waals surface area contributed by atoms with E-state index < -0.39 is 0 Å². The molecule has 0 radical (unpaired) electrons. The molecule has 2 heterocycles. The normalized spacial score (nSPS) is 14.4. The maximum absolute atomic E-state index is 12.9. The van der Waals surface area contributed by atoms with Crippen molar-refractivity contribution in [2.45, 2.75) is 18.9 Å². The van der Waals surface area contributed by atoms with E-state index in [1.54, 1.807) is 15.8 Å². The smallest absolute Gasteiger partial charge is 0.253 e. The van der Waals surface area contributed by atoms with Crippen LogP contribution < -0.4 is 0 Å². The fourth-order valence-corrected chi connectivity index (χ4v) is 3.29. The Labute approximate surface area is 164 Å². The molecule has 1 aliphatic heterocycles. The number of carbonyl (C=O) groups is 1. The van der Waals surface area contributed by atoms with Crippen molar-refractivity contribution in [3.05, 3.63) is 83.7 Å². The Hall–Kier alpha value is -3.36. The van der Waals surface area contributed by atoms with Gasteiger partial charge in [0, 0.05) is 36.6 Å². The number of hydrogen-bond acceptors (Lipinski definition) is 3. The van der Waals surface area contributed by atoms with Crippen LogP contribution in [-0.2, 0) is 0 Å². The summed E-state index contributed by atoms with van der Waals surface area (Å²) in [6.07, 6.45) is 4.51. The molecule has 2 aromatic carbocycles. The number of nitrogens with zero attached hydrogens (tertiary/aromatic N) is 3. The lowest BCUT2D eigenvalue weighted by Crippen LogP contribution is -2.40. The van der Waals surface area contributed by atoms with Gasteiger partial charge in [-0.05, 0) is 49.2 Å². The van der Waals surface area contributed by atoms with E-state index in [2.05, 4.69) is 16.9 Å². The Morgan fingerprint density at radius 3 is 2.54 bits per heavy atom. The number of aromatic nitrogens is 2. The van der Waals surface area contributed by atoms with E-state index in [4.69, 9.17) is 0 Å². The van der Waals surface area contributed by atoms with Gasteiger partial charge in [0.05, 0.1) is 17.4 Å². The third-order valence-corrected chi connectivity index (χ3v) is 4.86. The molecule has 1 aromatic heterocycles. The summed E-state index contributed by atoms with van der Waals surface area (Å²) in [6.45, 7) is 1.15. The Morgan fingerprint density at radius 1 is 1.04 bits per heavy atom. The molecule has 3 aromatic rings. The predicted octanol–water partition coefficient (Wildman–Crippen LogP) is 2.87. The van der Waals surface area contributed by atoms with Gasteiger partial charge in [0.1, 0.15) is 0 Å². The summed E-state index contributed by atoms with van der Waals surface area (Å²) in [5, 5.41) is 14.0. The standard InChI is InChI=1S/C23H21N3O2/c27-21-11-15-25(16-12-21)23(28)20-9-10-22(26-14-4-13-24-26)19(17-20)8-7-18-5-2-1-3-6-18/h1-6,9-10,13-14,17,21,27H,11-12,15-16H2. The van der Waals surface area contributed by atoms with Crippen LogP contribution in [0.1, 0.15) is 34.3 Å². The van der Waals surface area contributed by atoms with Gasteiger partial charge in [0.15, 0.2) is 0 Å². The zero-order chi connectivity index (χ0) is 19.3. The molecule has 0 bridgehead atoms. The molecule has 140 valence electrons. The van der Waals surface area contributed by atoms with Gasteiger partial charge < -0.3 is 10.0 Å². The van der Waals surface area contributed by atoms with E-state index in [1.165, 1.54) is 0 Å². The lowest BCUT2D eigenvalue weighted by atomic mass is 10.0. The van der Waals surface area contributed by atoms with E-state index in [0.29, 0.717) is 31.5 Å². The van der Waals surface area contributed by atoms with Crippen molar-refractivity contribution in [3.63, 3.8) is 0 Å². The van der Waals surface area contributed by atoms with E-state index >= 15 is 0 Å². The van der Waals surface area contributed by atoms with Gasteiger partial charge in [0.2, 0.25) is 0 Å². The molecule has 0 atom stereocenters. The third-order valence-electron chi connectivity index (χ3n) is 4.86. The second-order valence-corrected chi connectivity index (χ2v) is 6.82. The Kier molecular flexibility index (Phi) is 5.22. The molecular formula is C23H21N3O2. The fraction of sp³-hybridized carbons (Fsp3) is 0.217. The maximum Gasteiger partial charge on any atom is 0.253 e. The molecule has 0 unspecified atom stereocenters. The minimum atomic E-state index is -0.307. The molecule has 1 fully saturated rings. The molecular weight excluding hydrogens is 350 g/mol. The van der Waals surface area contributed by atoms with E-state index in [9.17, 15) is 9.90 Å². The van der Waals surface area contributed by atoms with Crippen molar-refractivity contribution in [3.8, 4) is 17.5 Å². The molecule has 4 rings (SSSR count). The Morgan fingerprint density at radius 2 is 1.82 bits per heavy atom. The summed E-state index contributed by atoms with van der Waals surface area (Å²) in [5.74, 6) is 6.34. The lowest BCUT2D eigenvalue weighted by Gasteiger charge is -2.29. The number of likely N-dealkylation sites (tertiary alicyclic amines) is 1. The van der Waals surface area contributed by atoms with Crippen molar-refractivity contribution in [2.75, 3.05) is 13.1 Å². The van der Waals surface area contributed by atoms with Crippen LogP contribution in [0.5, 0.6) is 0 Å². The molecule has 5 heteroatoms. The highest BCUT2D eigenvalue weighted by Gasteiger charge is 2.22. The number of benzene rings is 2. The van der Waals surface area contributed by atoms with Gasteiger partial charge in [-0.25, -0.2) is 4.68 Å². The molecule has 1 N–H and O–H groups in total. The van der Waals surface area contributed by atoms with Gasteiger partial charge in [-0.1, -0.05) is 30.0 Å². The summed E-state index contributed by atoms with van der Waals surface area (Å²) < 4.78 is 1.75. The van der Waals surface area contributed by atoms with Crippen molar-refractivity contribution in [2.24, 2.45) is 0 Å². The van der Waals surface area contributed by atoms with Crippen LogP contribution in [0.3, 0.4) is 0 Å². The first-order chi connectivity index (χ1) is 13.7. The maximum atomic E-state index is 12.9. The van der Waals surface area contributed by atoms with Gasteiger partial charge >= 0.3 is 0 Å². The molecule has 0 saturated carbocycles. The average molecular weight is 371 g/mol. The van der Waals surface area contributed by atoms with Crippen LogP contribution in [0.4, 0.5) is 0 Å². The lowest BCUT2D eigenvalue weighted by molar-refractivity contribution is 0.0546. The number of aliphatic hydroxyl groups excluding tert-OH is 1. The second kappa shape index (κ2) is 8.12. The number of aliphatic hydroxyl groups is 1. The number of rotatable bonds is 2. The van der Waals surface area contributed by atoms with E-state index in [-0.39, 0.29) is 12.0 Å². The zero-order valence-electron chi connectivity index (χ0n) is 15.5. The Balaban J connectivity index is 1.68. The van der Waals surface area contributed by atoms with Crippen LogP contribution in [0.15, 0.2) is 67.0 Å². The first kappa shape index (κ1) is 18.0. The summed E-state index contributed by atoms with van der Waals surface area (Å²) in [4.78, 5) is 14.7. The van der Waals surface area contributed by atoms with Crippen molar-refractivity contribution >= 4 is 5.91 Å². The minimum Gasteiger partial charge on any atom is -0.393 e. The summed E-state index contributed by atoms with van der Waals surface area (Å²) in [7, 11) is 0. The second-order valence-electron chi connectivity index (χ2n) is 6.82. The molecule has 28 heavy (non-hydrogen) atoms. The van der Waals surface area contributed by atoms with Gasteiger partial charge in [-0.3, -0.25) is 4.79 Å². The highest BCUT2D eigenvalue weighted by molar-refractivity contribution is 5.95. The molecule has 0 spiro atoms. The third kappa shape index (κ3) is 3.98. The summed E-state index contributed by atoms with van der Waals surface area (Å²) >= 11 is 0. The molecule has 0 aliphatic carbocycles. The highest BCUT2D eigenvalue weighted by atomic mass is 16.3. The zero-order valence-corrected chi connectivity index (χ0v) is 15.5. The quantitative estimate of drug-likeness (QED) is 0.705. The van der Waals surface area contributed by atoms with Gasteiger partial charge in [-0.2, -0.15) is 5.10 Å². The molecule has 1 aliphatic rings. The Bertz CT molecular complexity index is 1010. The van der Waals surface area contributed by atoms with Crippen LogP contribution in [0.25, 0.3) is 5.69 Å². The molecule has 1 saturated heterocycles. The van der Waals surface area contributed by atoms with Crippen LogP contribution in [0, 0.1) is 11.8 Å². The van der Waals surface area contributed by atoms with Crippen molar-refractivity contribution < 1.29 is 9.90 Å². The van der Waals surface area contributed by atoms with Crippen LogP contribution >= 0.6 is 0 Å². The van der Waals surface area contributed by atoms with Gasteiger partial charge in [-0.15, -0.1) is 0 Å².